The van der Waals surface area contributed by atoms with Gasteiger partial charge in [-0.2, -0.15) is 0 Å². The number of thiocarbonyl (C=S) groups is 1. The maximum Gasteiger partial charge on any atom is 0.0338 e. The Hall–Kier alpha value is -0.870. The van der Waals surface area contributed by atoms with Crippen molar-refractivity contribution in [1.29, 1.82) is 0 Å². The largest absolute Gasteiger partial charge is 0.120 e. The summed E-state index contributed by atoms with van der Waals surface area (Å²) in [4.78, 5) is 0.979. The van der Waals surface area contributed by atoms with Crippen LogP contribution in [0.15, 0.2) is 23.8 Å². The van der Waals surface area contributed by atoms with E-state index in [1.54, 1.807) is 0 Å². The summed E-state index contributed by atoms with van der Waals surface area (Å²) in [5.41, 5.74) is 1.15. The Labute approximate surface area is 66.6 Å². The molecule has 0 aliphatic heterocycles. The predicted octanol–water partition coefficient (Wildman–Crippen LogP) is 2.27. The van der Waals surface area contributed by atoms with E-state index in [0.29, 0.717) is 6.42 Å². The molecule has 10 heavy (non-hydrogen) atoms. The first-order valence-electron chi connectivity index (χ1n) is 3.16. The molecule has 1 aliphatic rings. The fourth-order valence-corrected chi connectivity index (χ4v) is 1.12. The zero-order valence-electron chi connectivity index (χ0n) is 5.63. The van der Waals surface area contributed by atoms with Crippen molar-refractivity contribution < 1.29 is 0 Å². The van der Waals surface area contributed by atoms with Crippen molar-refractivity contribution in [3.63, 3.8) is 0 Å². The second-order valence-electron chi connectivity index (χ2n) is 2.17. The second kappa shape index (κ2) is 3.34. The average Bonchev–Trinajstić information content (AvgIpc) is 1.88. The quantitative estimate of drug-likeness (QED) is 0.406. The smallest absolute Gasteiger partial charge is 0.0338 e. The number of hydrogen-bond donors (Lipinski definition) is 0. The minimum atomic E-state index is 0.691. The number of hydrogen-bond acceptors (Lipinski definition) is 1. The van der Waals surface area contributed by atoms with Gasteiger partial charge in [-0.15, -0.1) is 12.3 Å². The highest BCUT2D eigenvalue weighted by atomic mass is 32.1. The van der Waals surface area contributed by atoms with Crippen LogP contribution in [0.4, 0.5) is 0 Å². The van der Waals surface area contributed by atoms with E-state index in [1.807, 2.05) is 12.2 Å². The van der Waals surface area contributed by atoms with Crippen molar-refractivity contribution in [1.82, 2.24) is 0 Å². The molecule has 0 saturated carbocycles. The standard InChI is InChI=1S/C9H8S/c1-2-4-8-5-3-6-9(10)7-8/h1,3,5,7H,4,6H2. The first-order chi connectivity index (χ1) is 4.83. The van der Waals surface area contributed by atoms with Crippen molar-refractivity contribution >= 4 is 17.1 Å². The lowest BCUT2D eigenvalue weighted by Gasteiger charge is -2.02. The first-order valence-corrected chi connectivity index (χ1v) is 3.57. The molecular formula is C9H8S. The highest BCUT2D eigenvalue weighted by Gasteiger charge is 1.98. The summed E-state index contributed by atoms with van der Waals surface area (Å²) >= 11 is 5.00. The van der Waals surface area contributed by atoms with E-state index in [-0.39, 0.29) is 0 Å². The van der Waals surface area contributed by atoms with Crippen molar-refractivity contribution in [3.8, 4) is 12.3 Å². The molecule has 0 N–H and O–H groups in total. The highest BCUT2D eigenvalue weighted by molar-refractivity contribution is 7.80. The Balaban J connectivity index is 2.68. The normalized spacial score (nSPS) is 16.3. The summed E-state index contributed by atoms with van der Waals surface area (Å²) < 4.78 is 0. The van der Waals surface area contributed by atoms with Gasteiger partial charge in [0, 0.05) is 17.7 Å². The molecule has 0 aromatic rings. The van der Waals surface area contributed by atoms with Crippen LogP contribution in [0.2, 0.25) is 0 Å². The van der Waals surface area contributed by atoms with Crippen molar-refractivity contribution in [2.75, 3.05) is 0 Å². The molecule has 0 saturated heterocycles. The van der Waals surface area contributed by atoms with E-state index < -0.39 is 0 Å². The molecule has 0 radical (unpaired) electrons. The lowest BCUT2D eigenvalue weighted by atomic mass is 10.1. The Morgan fingerprint density at radius 2 is 2.50 bits per heavy atom. The van der Waals surface area contributed by atoms with Crippen LogP contribution in [-0.2, 0) is 0 Å². The fourth-order valence-electron chi connectivity index (χ4n) is 0.868. The number of rotatable bonds is 1. The van der Waals surface area contributed by atoms with Gasteiger partial charge in [0.2, 0.25) is 0 Å². The topological polar surface area (TPSA) is 0 Å². The van der Waals surface area contributed by atoms with Gasteiger partial charge in [-0.3, -0.25) is 0 Å². The zero-order valence-corrected chi connectivity index (χ0v) is 6.45. The molecule has 0 atom stereocenters. The molecule has 0 heterocycles. The summed E-state index contributed by atoms with van der Waals surface area (Å²) in [5, 5.41) is 0. The van der Waals surface area contributed by atoms with Crippen molar-refractivity contribution in [2.24, 2.45) is 0 Å². The van der Waals surface area contributed by atoms with Crippen LogP contribution in [0.1, 0.15) is 12.8 Å². The summed E-state index contributed by atoms with van der Waals surface area (Å²) in [7, 11) is 0. The van der Waals surface area contributed by atoms with Gasteiger partial charge in [0.1, 0.15) is 0 Å². The fraction of sp³-hybridized carbons (Fsp3) is 0.222. The Bertz CT molecular complexity index is 238. The van der Waals surface area contributed by atoms with Crippen LogP contribution in [0.3, 0.4) is 0 Å². The van der Waals surface area contributed by atoms with Gasteiger partial charge in [-0.05, 0) is 11.6 Å². The molecule has 0 fully saturated rings. The van der Waals surface area contributed by atoms with Gasteiger partial charge < -0.3 is 0 Å². The summed E-state index contributed by atoms with van der Waals surface area (Å²) in [6.07, 6.45) is 12.8. The van der Waals surface area contributed by atoms with E-state index in [2.05, 4.69) is 12.0 Å². The van der Waals surface area contributed by atoms with Gasteiger partial charge in [0.05, 0.1) is 0 Å². The zero-order chi connectivity index (χ0) is 7.40. The first kappa shape index (κ1) is 7.24. The molecule has 0 unspecified atom stereocenters. The highest BCUT2D eigenvalue weighted by Crippen LogP contribution is 2.10. The molecule has 0 aromatic heterocycles. The van der Waals surface area contributed by atoms with Gasteiger partial charge >= 0.3 is 0 Å². The Morgan fingerprint density at radius 1 is 1.70 bits per heavy atom. The van der Waals surface area contributed by atoms with E-state index >= 15 is 0 Å². The monoisotopic (exact) mass is 148 g/mol. The molecule has 0 nitrogen and oxygen atoms in total. The summed E-state index contributed by atoms with van der Waals surface area (Å²) in [5.74, 6) is 2.58. The van der Waals surface area contributed by atoms with Crippen LogP contribution in [0.5, 0.6) is 0 Å². The van der Waals surface area contributed by atoms with Gasteiger partial charge in [0.25, 0.3) is 0 Å². The number of terminal acetylenes is 1. The van der Waals surface area contributed by atoms with Crippen LogP contribution in [0, 0.1) is 12.3 Å². The maximum absolute atomic E-state index is 5.14. The third kappa shape index (κ3) is 1.82. The lowest BCUT2D eigenvalue weighted by molar-refractivity contribution is 1.31. The molecule has 0 amide bonds. The van der Waals surface area contributed by atoms with E-state index in [9.17, 15) is 0 Å². The molecule has 0 bridgehead atoms. The van der Waals surface area contributed by atoms with E-state index in [0.717, 1.165) is 16.9 Å². The average molecular weight is 148 g/mol. The summed E-state index contributed by atoms with van der Waals surface area (Å²) in [6, 6.07) is 0. The third-order valence-corrected chi connectivity index (χ3v) is 1.59. The lowest BCUT2D eigenvalue weighted by Crippen LogP contribution is -1.93. The SMILES string of the molecule is C#CCC1=CC(=S)CC=C1. The van der Waals surface area contributed by atoms with Crippen LogP contribution in [-0.4, -0.2) is 4.86 Å². The molecule has 50 valence electrons. The van der Waals surface area contributed by atoms with Gasteiger partial charge in [0.15, 0.2) is 0 Å². The van der Waals surface area contributed by atoms with Crippen LogP contribution < -0.4 is 0 Å². The molecular weight excluding hydrogens is 140 g/mol. The Kier molecular flexibility index (Phi) is 2.42. The molecule has 1 heteroatoms. The van der Waals surface area contributed by atoms with Crippen molar-refractivity contribution in [2.45, 2.75) is 12.8 Å². The van der Waals surface area contributed by atoms with E-state index in [1.165, 1.54) is 0 Å². The third-order valence-electron chi connectivity index (χ3n) is 1.30. The Morgan fingerprint density at radius 3 is 3.10 bits per heavy atom. The van der Waals surface area contributed by atoms with E-state index in [4.69, 9.17) is 18.6 Å². The predicted molar refractivity (Wildman–Crippen MR) is 47.9 cm³/mol. The van der Waals surface area contributed by atoms with Gasteiger partial charge in [-0.1, -0.05) is 24.4 Å². The second-order valence-corrected chi connectivity index (χ2v) is 2.70. The van der Waals surface area contributed by atoms with Crippen LogP contribution in [0.25, 0.3) is 0 Å². The molecule has 1 aliphatic carbocycles. The molecule has 0 spiro atoms. The summed E-state index contributed by atoms with van der Waals surface area (Å²) in [6.45, 7) is 0. The minimum absolute atomic E-state index is 0.691. The van der Waals surface area contributed by atoms with Crippen molar-refractivity contribution in [3.05, 3.63) is 23.8 Å². The molecule has 1 rings (SSSR count). The maximum atomic E-state index is 5.14. The van der Waals surface area contributed by atoms with Gasteiger partial charge in [-0.25, -0.2) is 0 Å². The molecule has 0 aromatic carbocycles. The van der Waals surface area contributed by atoms with Crippen LogP contribution >= 0.6 is 12.2 Å². The number of allylic oxidation sites excluding steroid dienone is 4. The minimum Gasteiger partial charge on any atom is -0.120 e.